The molecule has 0 bridgehead atoms. The number of nitrogens with zero attached hydrogens (tertiary/aromatic N) is 1. The molecule has 0 aliphatic rings. The molecule has 4 nitrogen and oxygen atoms in total. The zero-order valence-corrected chi connectivity index (χ0v) is 8.25. The molecule has 6 heteroatoms. The van der Waals surface area contributed by atoms with Crippen LogP contribution in [-0.4, -0.2) is 12.2 Å². The predicted molar refractivity (Wildman–Crippen MR) is 48.2 cm³/mol. The SMILES string of the molecule is O=C=NC(=O)Oc1ccc(Br)c(F)c1. The molecule has 1 aromatic rings. The predicted octanol–water partition coefficient (Wildman–Crippen LogP) is 2.42. The second-order valence-corrected chi connectivity index (χ2v) is 3.00. The Labute approximate surface area is 86.5 Å². The minimum Gasteiger partial charge on any atom is -0.408 e. The van der Waals surface area contributed by atoms with Gasteiger partial charge in [0.25, 0.3) is 0 Å². The van der Waals surface area contributed by atoms with Gasteiger partial charge in [-0.25, -0.2) is 14.0 Å². The number of ether oxygens (including phenoxy) is 1. The summed E-state index contributed by atoms with van der Waals surface area (Å²) in [5, 5.41) is 0. The zero-order chi connectivity index (χ0) is 10.6. The second kappa shape index (κ2) is 4.64. The molecule has 1 rings (SSSR count). The van der Waals surface area contributed by atoms with Crippen molar-refractivity contribution in [2.45, 2.75) is 0 Å². The van der Waals surface area contributed by atoms with Gasteiger partial charge in [0.05, 0.1) is 4.47 Å². The lowest BCUT2D eigenvalue weighted by Gasteiger charge is -2.00. The Bertz CT molecular complexity index is 415. The van der Waals surface area contributed by atoms with Gasteiger partial charge < -0.3 is 4.74 Å². The number of carbonyl (C=O) groups excluding carboxylic acids is 2. The Morgan fingerprint density at radius 3 is 2.86 bits per heavy atom. The van der Waals surface area contributed by atoms with Crippen molar-refractivity contribution in [3.8, 4) is 5.75 Å². The van der Waals surface area contributed by atoms with Crippen molar-refractivity contribution in [2.24, 2.45) is 4.99 Å². The van der Waals surface area contributed by atoms with Crippen molar-refractivity contribution in [1.29, 1.82) is 0 Å². The Hall–Kier alpha value is -1.52. The largest absolute Gasteiger partial charge is 0.450 e. The summed E-state index contributed by atoms with van der Waals surface area (Å²) in [4.78, 5) is 22.9. The van der Waals surface area contributed by atoms with Crippen LogP contribution in [0.2, 0.25) is 0 Å². The first-order valence-corrected chi connectivity index (χ1v) is 4.17. The maximum Gasteiger partial charge on any atom is 0.450 e. The molecule has 0 saturated carbocycles. The first-order chi connectivity index (χ1) is 6.63. The van der Waals surface area contributed by atoms with Crippen LogP contribution in [-0.2, 0) is 4.79 Å². The molecule has 0 aliphatic heterocycles. The topological polar surface area (TPSA) is 55.7 Å². The lowest BCUT2D eigenvalue weighted by molar-refractivity contribution is 0.211. The molecule has 0 fully saturated rings. The molecule has 0 radical (unpaired) electrons. The fourth-order valence-corrected chi connectivity index (χ4v) is 0.948. The summed E-state index contributed by atoms with van der Waals surface area (Å²) < 4.78 is 17.6. The molecule has 1 amide bonds. The van der Waals surface area contributed by atoms with E-state index in [2.05, 4.69) is 25.7 Å². The van der Waals surface area contributed by atoms with Gasteiger partial charge in [0.1, 0.15) is 11.6 Å². The number of rotatable bonds is 1. The highest BCUT2D eigenvalue weighted by atomic mass is 79.9. The zero-order valence-electron chi connectivity index (χ0n) is 6.66. The van der Waals surface area contributed by atoms with E-state index < -0.39 is 11.9 Å². The van der Waals surface area contributed by atoms with Crippen molar-refractivity contribution in [3.05, 3.63) is 28.5 Å². The highest BCUT2D eigenvalue weighted by molar-refractivity contribution is 9.10. The van der Waals surface area contributed by atoms with E-state index in [1.165, 1.54) is 12.1 Å². The highest BCUT2D eigenvalue weighted by Crippen LogP contribution is 2.20. The summed E-state index contributed by atoms with van der Waals surface area (Å²) in [6.45, 7) is 0. The molecule has 0 aliphatic carbocycles. The Balaban J connectivity index is 2.83. The highest BCUT2D eigenvalue weighted by Gasteiger charge is 2.05. The molecule has 14 heavy (non-hydrogen) atoms. The summed E-state index contributed by atoms with van der Waals surface area (Å²) >= 11 is 2.93. The fraction of sp³-hybridized carbons (Fsp3) is 0. The molecule has 1 aromatic carbocycles. The average molecular weight is 260 g/mol. The quantitative estimate of drug-likeness (QED) is 0.575. The lowest BCUT2D eigenvalue weighted by atomic mass is 10.3. The number of hydrogen-bond donors (Lipinski definition) is 0. The van der Waals surface area contributed by atoms with Crippen LogP contribution in [0.5, 0.6) is 5.75 Å². The minimum atomic E-state index is -1.14. The molecule has 0 spiro atoms. The summed E-state index contributed by atoms with van der Waals surface area (Å²) in [7, 11) is 0. The molecule has 0 atom stereocenters. The third kappa shape index (κ3) is 2.76. The Morgan fingerprint density at radius 2 is 2.29 bits per heavy atom. The van der Waals surface area contributed by atoms with E-state index in [4.69, 9.17) is 0 Å². The number of halogens is 2. The minimum absolute atomic E-state index is 0.0327. The van der Waals surface area contributed by atoms with E-state index in [-0.39, 0.29) is 10.2 Å². The van der Waals surface area contributed by atoms with Crippen molar-refractivity contribution < 1.29 is 18.7 Å². The maximum absolute atomic E-state index is 12.9. The van der Waals surface area contributed by atoms with E-state index in [1.54, 1.807) is 0 Å². The first kappa shape index (κ1) is 10.6. The van der Waals surface area contributed by atoms with Gasteiger partial charge in [-0.05, 0) is 28.1 Å². The van der Waals surface area contributed by atoms with Crippen LogP contribution in [0.3, 0.4) is 0 Å². The van der Waals surface area contributed by atoms with Gasteiger partial charge >= 0.3 is 6.09 Å². The molecule has 72 valence electrons. The standard InChI is InChI=1S/C8H3BrFNO3/c9-6-2-1-5(3-7(6)10)14-8(13)11-4-12/h1-3H. The number of isocyanates is 1. The summed E-state index contributed by atoms with van der Waals surface area (Å²) in [6.07, 6.45) is -0.126. The van der Waals surface area contributed by atoms with Gasteiger partial charge in [-0.1, -0.05) is 4.99 Å². The van der Waals surface area contributed by atoms with Gasteiger partial charge in [0.15, 0.2) is 0 Å². The van der Waals surface area contributed by atoms with Crippen molar-refractivity contribution in [2.75, 3.05) is 0 Å². The molecule has 0 N–H and O–H groups in total. The summed E-state index contributed by atoms with van der Waals surface area (Å²) in [6, 6.07) is 3.70. The van der Waals surface area contributed by atoms with Crippen molar-refractivity contribution in [3.63, 3.8) is 0 Å². The average Bonchev–Trinajstić information content (AvgIpc) is 2.12. The van der Waals surface area contributed by atoms with Crippen LogP contribution >= 0.6 is 15.9 Å². The Morgan fingerprint density at radius 1 is 1.57 bits per heavy atom. The number of amides is 1. The van der Waals surface area contributed by atoms with Gasteiger partial charge in [-0.2, -0.15) is 0 Å². The van der Waals surface area contributed by atoms with E-state index in [1.807, 2.05) is 0 Å². The monoisotopic (exact) mass is 259 g/mol. The van der Waals surface area contributed by atoms with Gasteiger partial charge in [-0.15, -0.1) is 0 Å². The first-order valence-electron chi connectivity index (χ1n) is 3.38. The molecule has 0 unspecified atom stereocenters. The molecular formula is C8H3BrFNO3. The number of aliphatic imine (C=N–C) groups is 1. The summed E-state index contributed by atoms with van der Waals surface area (Å²) in [5.41, 5.74) is 0. The normalized spacial score (nSPS) is 9.00. The summed E-state index contributed by atoms with van der Waals surface area (Å²) in [5.74, 6) is -0.611. The van der Waals surface area contributed by atoms with Crippen LogP contribution in [0.15, 0.2) is 27.7 Å². The number of carbonyl (C=O) groups is 1. The van der Waals surface area contributed by atoms with E-state index in [0.29, 0.717) is 0 Å². The maximum atomic E-state index is 12.9. The third-order valence-electron chi connectivity index (χ3n) is 1.23. The third-order valence-corrected chi connectivity index (χ3v) is 1.88. The van der Waals surface area contributed by atoms with Crippen LogP contribution in [0, 0.1) is 5.82 Å². The molecular weight excluding hydrogens is 257 g/mol. The van der Waals surface area contributed by atoms with Crippen LogP contribution in [0.25, 0.3) is 0 Å². The van der Waals surface area contributed by atoms with E-state index in [0.717, 1.165) is 12.1 Å². The smallest absolute Gasteiger partial charge is 0.408 e. The number of benzene rings is 1. The van der Waals surface area contributed by atoms with Crippen LogP contribution < -0.4 is 4.74 Å². The van der Waals surface area contributed by atoms with Crippen LogP contribution in [0.1, 0.15) is 0 Å². The van der Waals surface area contributed by atoms with Crippen molar-refractivity contribution >= 4 is 28.1 Å². The molecule has 0 saturated heterocycles. The van der Waals surface area contributed by atoms with E-state index in [9.17, 15) is 14.0 Å². The lowest BCUT2D eigenvalue weighted by Crippen LogP contribution is -2.01. The Kier molecular flexibility index (Phi) is 3.50. The van der Waals surface area contributed by atoms with Crippen molar-refractivity contribution in [1.82, 2.24) is 0 Å². The van der Waals surface area contributed by atoms with E-state index >= 15 is 0 Å². The number of hydrogen-bond acceptors (Lipinski definition) is 3. The van der Waals surface area contributed by atoms with Gasteiger partial charge in [0, 0.05) is 6.07 Å². The fourth-order valence-electron chi connectivity index (χ4n) is 0.701. The van der Waals surface area contributed by atoms with Gasteiger partial charge in [-0.3, -0.25) is 0 Å². The van der Waals surface area contributed by atoms with Gasteiger partial charge in [0.2, 0.25) is 6.08 Å². The van der Waals surface area contributed by atoms with Crippen LogP contribution in [0.4, 0.5) is 9.18 Å². The molecule has 0 heterocycles. The molecule has 0 aromatic heterocycles. The second-order valence-electron chi connectivity index (χ2n) is 2.15.